The summed E-state index contributed by atoms with van der Waals surface area (Å²) in [4.78, 5) is 19.3. The number of nitrogens with zero attached hydrogens (tertiary/aromatic N) is 4. The molecule has 1 atom stereocenters. The molecule has 1 aliphatic rings. The van der Waals surface area contributed by atoms with Crippen molar-refractivity contribution >= 4 is 28.6 Å². The van der Waals surface area contributed by atoms with Crippen LogP contribution in [-0.4, -0.2) is 46.2 Å². The molecule has 158 valence electrons. The maximum absolute atomic E-state index is 13.2. The lowest BCUT2D eigenvalue weighted by Crippen LogP contribution is -2.36. The smallest absolute Gasteiger partial charge is 0.157 e. The van der Waals surface area contributed by atoms with Gasteiger partial charge in [0.2, 0.25) is 0 Å². The molecule has 1 unspecified atom stereocenters. The van der Waals surface area contributed by atoms with Crippen LogP contribution in [0.2, 0.25) is 5.02 Å². The molecule has 8 heteroatoms. The third-order valence-corrected chi connectivity index (χ3v) is 5.92. The lowest BCUT2D eigenvalue weighted by Gasteiger charge is -2.28. The van der Waals surface area contributed by atoms with Crippen molar-refractivity contribution in [2.75, 3.05) is 31.2 Å². The minimum absolute atomic E-state index is 0.0179. The largest absolute Gasteiger partial charge is 0.378 e. The Morgan fingerprint density at radius 3 is 2.65 bits per heavy atom. The van der Waals surface area contributed by atoms with Crippen molar-refractivity contribution in [2.24, 2.45) is 0 Å². The Morgan fingerprint density at radius 1 is 1.10 bits per heavy atom. The van der Waals surface area contributed by atoms with Gasteiger partial charge in [-0.25, -0.2) is 19.3 Å². The van der Waals surface area contributed by atoms with Crippen molar-refractivity contribution < 1.29 is 9.13 Å². The molecule has 1 fully saturated rings. The van der Waals surface area contributed by atoms with Gasteiger partial charge in [0.25, 0.3) is 0 Å². The zero-order valence-corrected chi connectivity index (χ0v) is 17.7. The zero-order chi connectivity index (χ0) is 21.4. The number of rotatable bonds is 4. The number of pyridine rings is 2. The maximum atomic E-state index is 13.2. The first-order valence-electron chi connectivity index (χ1n) is 10.2. The van der Waals surface area contributed by atoms with Crippen LogP contribution in [0.1, 0.15) is 24.2 Å². The highest BCUT2D eigenvalue weighted by Gasteiger charge is 2.17. The van der Waals surface area contributed by atoms with Crippen molar-refractivity contribution in [3.63, 3.8) is 0 Å². The number of aromatic amines is 1. The number of anilines is 1. The first-order chi connectivity index (χ1) is 15.1. The number of benzene rings is 1. The monoisotopic (exact) mass is 437 g/mol. The topological polar surface area (TPSA) is 66.9 Å². The second kappa shape index (κ2) is 8.24. The van der Waals surface area contributed by atoms with Crippen LogP contribution < -0.4 is 4.90 Å². The second-order valence-electron chi connectivity index (χ2n) is 7.61. The van der Waals surface area contributed by atoms with Crippen molar-refractivity contribution in [2.45, 2.75) is 12.8 Å². The average molecular weight is 438 g/mol. The van der Waals surface area contributed by atoms with Crippen LogP contribution in [0.15, 0.2) is 48.8 Å². The molecule has 31 heavy (non-hydrogen) atoms. The van der Waals surface area contributed by atoms with Crippen molar-refractivity contribution in [1.29, 1.82) is 0 Å². The summed E-state index contributed by atoms with van der Waals surface area (Å²) in [7, 11) is 0. The number of aromatic nitrogens is 4. The first-order valence-corrected chi connectivity index (χ1v) is 10.6. The number of H-pyrrole nitrogens is 1. The van der Waals surface area contributed by atoms with E-state index < -0.39 is 0 Å². The Kier molecular flexibility index (Phi) is 5.29. The fourth-order valence-electron chi connectivity index (χ4n) is 3.79. The van der Waals surface area contributed by atoms with Crippen LogP contribution in [0.3, 0.4) is 0 Å². The molecule has 0 spiro atoms. The van der Waals surface area contributed by atoms with Gasteiger partial charge in [0.05, 0.1) is 18.2 Å². The van der Waals surface area contributed by atoms with Crippen molar-refractivity contribution in [3.05, 3.63) is 71.0 Å². The standard InChI is InChI=1S/C23H21ClFN5O/c1-14(15-2-4-17(25)5-3-15)22-28-20-10-16(12-27-23(20)29-22)18-11-21(26-13-19(18)24)30-6-8-31-9-7-30/h2-5,10-14H,6-9H2,1H3,(H,27,28,29). The summed E-state index contributed by atoms with van der Waals surface area (Å²) in [6.45, 7) is 5.01. The Morgan fingerprint density at radius 2 is 1.87 bits per heavy atom. The lowest BCUT2D eigenvalue weighted by atomic mass is 10.0. The van der Waals surface area contributed by atoms with Gasteiger partial charge in [0, 0.05) is 42.5 Å². The molecule has 4 aromatic rings. The SMILES string of the molecule is CC(c1ccc(F)cc1)c1nc2cc(-c3cc(N4CCOCC4)ncc3Cl)cnc2[nH]1. The van der Waals surface area contributed by atoms with Gasteiger partial charge in [-0.05, 0) is 29.8 Å². The van der Waals surface area contributed by atoms with E-state index in [0.717, 1.165) is 46.9 Å². The molecule has 0 aliphatic carbocycles. The van der Waals surface area contributed by atoms with Gasteiger partial charge in [0.15, 0.2) is 5.65 Å². The van der Waals surface area contributed by atoms with E-state index in [2.05, 4.69) is 19.9 Å². The number of hydrogen-bond acceptors (Lipinski definition) is 5. The van der Waals surface area contributed by atoms with Gasteiger partial charge >= 0.3 is 0 Å². The van der Waals surface area contributed by atoms with Gasteiger partial charge in [-0.3, -0.25) is 0 Å². The van der Waals surface area contributed by atoms with Gasteiger partial charge in [-0.2, -0.15) is 0 Å². The molecule has 1 N–H and O–H groups in total. The minimum atomic E-state index is -0.252. The molecule has 1 saturated heterocycles. The van der Waals surface area contributed by atoms with Crippen LogP contribution in [-0.2, 0) is 4.74 Å². The number of hydrogen-bond donors (Lipinski definition) is 1. The number of imidazole rings is 1. The number of morpholine rings is 1. The molecule has 0 radical (unpaired) electrons. The lowest BCUT2D eigenvalue weighted by molar-refractivity contribution is 0.122. The van der Waals surface area contributed by atoms with E-state index in [0.29, 0.717) is 23.9 Å². The van der Waals surface area contributed by atoms with Crippen LogP contribution in [0.4, 0.5) is 10.2 Å². The molecule has 1 aromatic carbocycles. The Hall–Kier alpha value is -3.03. The fraction of sp³-hybridized carbons (Fsp3) is 0.261. The van der Waals surface area contributed by atoms with Crippen molar-refractivity contribution in [1.82, 2.24) is 19.9 Å². The van der Waals surface area contributed by atoms with E-state index in [1.807, 2.05) is 19.1 Å². The molecule has 0 bridgehead atoms. The van der Waals surface area contributed by atoms with E-state index >= 15 is 0 Å². The van der Waals surface area contributed by atoms with Crippen LogP contribution in [0.25, 0.3) is 22.3 Å². The maximum Gasteiger partial charge on any atom is 0.157 e. The summed E-state index contributed by atoms with van der Waals surface area (Å²) in [5, 5.41) is 0.564. The number of halogens is 2. The second-order valence-corrected chi connectivity index (χ2v) is 8.02. The summed E-state index contributed by atoms with van der Waals surface area (Å²) >= 11 is 6.48. The third kappa shape index (κ3) is 3.98. The average Bonchev–Trinajstić information content (AvgIpc) is 3.23. The van der Waals surface area contributed by atoms with E-state index in [9.17, 15) is 4.39 Å². The number of nitrogens with one attached hydrogen (secondary N) is 1. The van der Waals surface area contributed by atoms with Crippen LogP contribution in [0, 0.1) is 5.82 Å². The predicted molar refractivity (Wildman–Crippen MR) is 119 cm³/mol. The summed E-state index contributed by atoms with van der Waals surface area (Å²) in [5.41, 5.74) is 4.17. The summed E-state index contributed by atoms with van der Waals surface area (Å²) < 4.78 is 18.7. The van der Waals surface area contributed by atoms with Gasteiger partial charge < -0.3 is 14.6 Å². The first kappa shape index (κ1) is 19.9. The molecular formula is C23H21ClFN5O. The Balaban J connectivity index is 1.48. The van der Waals surface area contributed by atoms with Gasteiger partial charge in [-0.1, -0.05) is 30.7 Å². The molecule has 0 saturated carbocycles. The van der Waals surface area contributed by atoms with E-state index in [-0.39, 0.29) is 11.7 Å². The highest BCUT2D eigenvalue weighted by molar-refractivity contribution is 6.33. The molecule has 5 rings (SSSR count). The highest BCUT2D eigenvalue weighted by Crippen LogP contribution is 2.32. The van der Waals surface area contributed by atoms with Gasteiger partial charge in [0.1, 0.15) is 23.0 Å². The van der Waals surface area contributed by atoms with Crippen LogP contribution >= 0.6 is 11.6 Å². The van der Waals surface area contributed by atoms with E-state index in [1.165, 1.54) is 12.1 Å². The number of fused-ring (bicyclic) bond motifs is 1. The Bertz CT molecular complexity index is 1220. The summed E-state index contributed by atoms with van der Waals surface area (Å²) in [6.07, 6.45) is 3.47. The minimum Gasteiger partial charge on any atom is -0.378 e. The fourth-order valence-corrected chi connectivity index (χ4v) is 4.00. The molecule has 1 aliphatic heterocycles. The molecular weight excluding hydrogens is 417 g/mol. The quantitative estimate of drug-likeness (QED) is 0.496. The number of ether oxygens (including phenoxy) is 1. The molecule has 3 aromatic heterocycles. The van der Waals surface area contributed by atoms with E-state index in [4.69, 9.17) is 21.3 Å². The predicted octanol–water partition coefficient (Wildman–Crippen LogP) is 4.80. The molecule has 0 amide bonds. The molecule has 4 heterocycles. The zero-order valence-electron chi connectivity index (χ0n) is 17.0. The van der Waals surface area contributed by atoms with Gasteiger partial charge in [-0.15, -0.1) is 0 Å². The normalized spacial score (nSPS) is 15.4. The van der Waals surface area contributed by atoms with E-state index in [1.54, 1.807) is 24.5 Å². The van der Waals surface area contributed by atoms with Crippen LogP contribution in [0.5, 0.6) is 0 Å². The summed E-state index contributed by atoms with van der Waals surface area (Å²) in [6, 6.07) is 10.4. The molecule has 6 nitrogen and oxygen atoms in total. The third-order valence-electron chi connectivity index (χ3n) is 5.62. The van der Waals surface area contributed by atoms with Crippen molar-refractivity contribution in [3.8, 4) is 11.1 Å². The summed E-state index contributed by atoms with van der Waals surface area (Å²) in [5.74, 6) is 1.38. The highest BCUT2D eigenvalue weighted by atomic mass is 35.5. The Labute approximate surface area is 184 Å².